The maximum atomic E-state index is 11.3. The van der Waals surface area contributed by atoms with Crippen LogP contribution in [0.25, 0.3) is 11.1 Å². The Morgan fingerprint density at radius 3 is 2.21 bits per heavy atom. The molecule has 1 aliphatic rings. The molecule has 1 saturated heterocycles. The molecule has 3 rings (SSSR count). The molecular formula is C26H41N2O4P. The monoisotopic (exact) mass is 476 g/mol. The molecule has 0 spiro atoms. The van der Waals surface area contributed by atoms with Gasteiger partial charge in [0.2, 0.25) is 0 Å². The minimum absolute atomic E-state index is 0.187. The molecule has 33 heavy (non-hydrogen) atoms. The maximum Gasteiger partial charge on any atom is 0.311 e. The first-order valence-corrected chi connectivity index (χ1v) is 12.5. The number of carbonyl (C=O) groups is 1. The van der Waals surface area contributed by atoms with Gasteiger partial charge in [-0.05, 0) is 30.7 Å². The minimum atomic E-state index is -0.288. The molecule has 1 aliphatic heterocycles. The fraction of sp³-hybridized carbons (Fsp3) is 0.462. The van der Waals surface area contributed by atoms with Gasteiger partial charge in [0.15, 0.2) is 0 Å². The second kappa shape index (κ2) is 20.3. The van der Waals surface area contributed by atoms with Gasteiger partial charge in [-0.3, -0.25) is 14.7 Å². The topological polar surface area (TPSA) is 60.9 Å². The number of allylic oxidation sites excluding steroid dienone is 1. The molecular weight excluding hydrogens is 435 g/mol. The van der Waals surface area contributed by atoms with Crippen LogP contribution in [0.2, 0.25) is 0 Å². The quantitative estimate of drug-likeness (QED) is 0.322. The Bertz CT molecular complexity index is 746. The summed E-state index contributed by atoms with van der Waals surface area (Å²) < 4.78 is 15.8. The zero-order valence-electron chi connectivity index (χ0n) is 20.9. The number of hydrogen-bond acceptors (Lipinski definition) is 6. The van der Waals surface area contributed by atoms with Gasteiger partial charge in [0.25, 0.3) is 0 Å². The molecule has 0 saturated carbocycles. The van der Waals surface area contributed by atoms with Gasteiger partial charge in [0, 0.05) is 31.4 Å². The lowest BCUT2D eigenvalue weighted by molar-refractivity contribution is -0.139. The molecule has 0 amide bonds. The summed E-state index contributed by atoms with van der Waals surface area (Å²) in [6.07, 6.45) is 3.71. The predicted octanol–water partition coefficient (Wildman–Crippen LogP) is 4.88. The van der Waals surface area contributed by atoms with E-state index in [2.05, 4.69) is 30.4 Å². The third-order valence-electron chi connectivity index (χ3n) is 4.35. The van der Waals surface area contributed by atoms with E-state index in [1.807, 2.05) is 63.8 Å². The summed E-state index contributed by atoms with van der Waals surface area (Å²) in [5, 5.41) is 0. The zero-order chi connectivity index (χ0) is 24.9. The Labute approximate surface area is 202 Å². The van der Waals surface area contributed by atoms with Gasteiger partial charge in [-0.25, -0.2) is 0 Å². The predicted molar refractivity (Wildman–Crippen MR) is 141 cm³/mol. The number of nitrogens with zero attached hydrogens (tertiary/aromatic N) is 2. The molecule has 6 nitrogen and oxygen atoms in total. The van der Waals surface area contributed by atoms with Crippen molar-refractivity contribution in [1.82, 2.24) is 9.88 Å². The van der Waals surface area contributed by atoms with Gasteiger partial charge < -0.3 is 14.2 Å². The van der Waals surface area contributed by atoms with E-state index in [1.165, 1.54) is 7.11 Å². The number of carbonyl (C=O) groups excluding carboxylic acids is 1. The van der Waals surface area contributed by atoms with Crippen molar-refractivity contribution >= 4 is 15.2 Å². The number of rotatable bonds is 7. The maximum absolute atomic E-state index is 11.3. The van der Waals surface area contributed by atoms with Gasteiger partial charge in [-0.15, -0.1) is 15.8 Å². The van der Waals surface area contributed by atoms with Gasteiger partial charge in [0.1, 0.15) is 12.4 Å². The van der Waals surface area contributed by atoms with Crippen LogP contribution >= 0.6 is 9.24 Å². The second-order valence-corrected chi connectivity index (χ2v) is 6.53. The lowest BCUT2D eigenvalue weighted by Crippen LogP contribution is -2.38. The average Bonchev–Trinajstić information content (AvgIpc) is 2.88. The summed E-state index contributed by atoms with van der Waals surface area (Å²) >= 11 is 0. The summed E-state index contributed by atoms with van der Waals surface area (Å²) in [5.41, 5.74) is 2.75. The van der Waals surface area contributed by atoms with Crippen molar-refractivity contribution in [3.63, 3.8) is 0 Å². The number of benzene rings is 1. The number of aromatic nitrogens is 1. The number of esters is 1. The summed E-state index contributed by atoms with van der Waals surface area (Å²) in [4.78, 5) is 17.9. The fourth-order valence-electron chi connectivity index (χ4n) is 2.78. The second-order valence-electron chi connectivity index (χ2n) is 6.53. The highest BCUT2D eigenvalue weighted by Crippen LogP contribution is 2.22. The van der Waals surface area contributed by atoms with Crippen LogP contribution in [0.5, 0.6) is 5.75 Å². The zero-order valence-corrected chi connectivity index (χ0v) is 22.0. The molecule has 2 heterocycles. The smallest absolute Gasteiger partial charge is 0.311 e. The van der Waals surface area contributed by atoms with Crippen LogP contribution in [0.3, 0.4) is 0 Å². The largest absolute Gasteiger partial charge is 0.492 e. The number of hydrogen-bond donors (Lipinski definition) is 0. The molecule has 1 aromatic carbocycles. The number of methoxy groups -OCH3 is 1. The van der Waals surface area contributed by atoms with Gasteiger partial charge in [0.05, 0.1) is 32.4 Å². The molecule has 2 aromatic rings. The van der Waals surface area contributed by atoms with Crippen molar-refractivity contribution in [1.29, 1.82) is 0 Å². The third kappa shape index (κ3) is 13.1. The summed E-state index contributed by atoms with van der Waals surface area (Å²) in [7, 11) is 3.79. The Hall–Kier alpha value is -2.27. The van der Waals surface area contributed by atoms with Crippen molar-refractivity contribution in [2.75, 3.05) is 53.2 Å². The molecule has 1 aromatic heterocycles. The molecule has 1 fully saturated rings. The van der Waals surface area contributed by atoms with Crippen LogP contribution in [-0.2, 0) is 20.7 Å². The SMILES string of the molecule is C=CC.CC.COC(=O)Cc1ccc(-c2ccc(OCCN3CCOCC3)cc2)cn1.CP. The molecule has 184 valence electrons. The fourth-order valence-corrected chi connectivity index (χ4v) is 2.78. The van der Waals surface area contributed by atoms with Crippen LogP contribution in [0.4, 0.5) is 0 Å². The van der Waals surface area contributed by atoms with Crippen LogP contribution in [0, 0.1) is 0 Å². The Kier molecular flexibility index (Phi) is 18.9. The molecule has 0 N–H and O–H groups in total. The van der Waals surface area contributed by atoms with E-state index in [0.717, 1.165) is 49.7 Å². The van der Waals surface area contributed by atoms with E-state index < -0.39 is 0 Å². The highest BCUT2D eigenvalue weighted by molar-refractivity contribution is 7.15. The van der Waals surface area contributed by atoms with Crippen molar-refractivity contribution in [3.05, 3.63) is 60.9 Å². The standard InChI is InChI=1S/C20H24N2O4.C3H6.C2H6.CH5P/c1-24-20(23)14-18-5-2-17(15-21-18)16-3-6-19(7-4-16)26-13-10-22-8-11-25-12-9-22;1-3-2;2*1-2/h2-7,15H,8-14H2,1H3;3H,1H2,2H3;1-2H3;2H2,1H3. The highest BCUT2D eigenvalue weighted by Gasteiger charge is 2.10. The van der Waals surface area contributed by atoms with Gasteiger partial charge >= 0.3 is 5.97 Å². The molecule has 0 radical (unpaired) electrons. The highest BCUT2D eigenvalue weighted by atomic mass is 31.0. The van der Waals surface area contributed by atoms with E-state index in [4.69, 9.17) is 9.47 Å². The first kappa shape index (κ1) is 30.7. The average molecular weight is 477 g/mol. The molecule has 0 aliphatic carbocycles. The summed E-state index contributed by atoms with van der Waals surface area (Å²) in [6.45, 7) is 16.3. The van der Waals surface area contributed by atoms with E-state index in [-0.39, 0.29) is 12.4 Å². The Morgan fingerprint density at radius 1 is 1.12 bits per heavy atom. The van der Waals surface area contributed by atoms with E-state index in [0.29, 0.717) is 12.3 Å². The summed E-state index contributed by atoms with van der Waals surface area (Å²) in [6, 6.07) is 11.8. The summed E-state index contributed by atoms with van der Waals surface area (Å²) in [5.74, 6) is 0.570. The van der Waals surface area contributed by atoms with Crippen molar-refractivity contribution in [2.24, 2.45) is 0 Å². The number of morpholine rings is 1. The van der Waals surface area contributed by atoms with Crippen molar-refractivity contribution < 1.29 is 19.0 Å². The normalized spacial score (nSPS) is 12.4. The van der Waals surface area contributed by atoms with Crippen LogP contribution < -0.4 is 4.74 Å². The lowest BCUT2D eigenvalue weighted by Gasteiger charge is -2.26. The third-order valence-corrected chi connectivity index (χ3v) is 4.35. The van der Waals surface area contributed by atoms with Gasteiger partial charge in [-0.1, -0.05) is 44.8 Å². The molecule has 1 unspecified atom stereocenters. The van der Waals surface area contributed by atoms with Crippen LogP contribution in [0.15, 0.2) is 55.3 Å². The van der Waals surface area contributed by atoms with Crippen LogP contribution in [0.1, 0.15) is 26.5 Å². The Balaban J connectivity index is 0.00000132. The first-order valence-electron chi connectivity index (χ1n) is 11.4. The van der Waals surface area contributed by atoms with Gasteiger partial charge in [-0.2, -0.15) is 0 Å². The van der Waals surface area contributed by atoms with E-state index in [1.54, 1.807) is 12.3 Å². The van der Waals surface area contributed by atoms with E-state index in [9.17, 15) is 4.79 Å². The van der Waals surface area contributed by atoms with Crippen molar-refractivity contribution in [2.45, 2.75) is 27.2 Å². The van der Waals surface area contributed by atoms with E-state index >= 15 is 0 Å². The molecule has 1 atom stereocenters. The minimum Gasteiger partial charge on any atom is -0.492 e. The van der Waals surface area contributed by atoms with Crippen molar-refractivity contribution in [3.8, 4) is 16.9 Å². The molecule has 7 heteroatoms. The first-order chi connectivity index (χ1) is 16.2. The number of ether oxygens (including phenoxy) is 3. The Morgan fingerprint density at radius 2 is 1.70 bits per heavy atom. The van der Waals surface area contributed by atoms with Crippen LogP contribution in [-0.4, -0.2) is 69.1 Å². The molecule has 0 bridgehead atoms. The lowest BCUT2D eigenvalue weighted by atomic mass is 10.1. The number of pyridine rings is 1.